The van der Waals surface area contributed by atoms with E-state index in [0.717, 1.165) is 6.26 Å². The minimum atomic E-state index is -1.89. The van der Waals surface area contributed by atoms with E-state index in [9.17, 15) is 40.5 Å². The van der Waals surface area contributed by atoms with Gasteiger partial charge in [-0.15, -0.1) is 0 Å². The van der Waals surface area contributed by atoms with Gasteiger partial charge in [-0.2, -0.15) is 0 Å². The predicted molar refractivity (Wildman–Crippen MR) is 119 cm³/mol. The van der Waals surface area contributed by atoms with E-state index in [1.54, 1.807) is 12.1 Å². The monoisotopic (exact) mass is 508 g/mol. The molecule has 12 heteroatoms. The number of phenols is 1. The molecule has 3 aliphatic rings. The van der Waals surface area contributed by atoms with Crippen LogP contribution in [-0.4, -0.2) is 104 Å². The van der Waals surface area contributed by atoms with E-state index in [4.69, 9.17) is 18.9 Å². The van der Waals surface area contributed by atoms with Gasteiger partial charge in [0.2, 0.25) is 6.29 Å². The zero-order valence-corrected chi connectivity index (χ0v) is 18.9. The molecule has 12 nitrogen and oxygen atoms in total. The maximum absolute atomic E-state index is 12.2. The molecule has 1 aliphatic carbocycles. The second-order valence-electron chi connectivity index (χ2n) is 8.72. The Kier molecular flexibility index (Phi) is 7.78. The van der Waals surface area contributed by atoms with Crippen molar-refractivity contribution >= 4 is 12.0 Å². The number of hydrogen-bond donors (Lipinski definition) is 7. The maximum Gasteiger partial charge on any atom is 0.331 e. The van der Waals surface area contributed by atoms with E-state index in [0.29, 0.717) is 5.56 Å². The zero-order chi connectivity index (χ0) is 26.0. The summed E-state index contributed by atoms with van der Waals surface area (Å²) in [7, 11) is 0. The molecular formula is C24H28O12. The summed E-state index contributed by atoms with van der Waals surface area (Å²) < 4.78 is 21.7. The van der Waals surface area contributed by atoms with Gasteiger partial charge in [0.1, 0.15) is 48.5 Å². The van der Waals surface area contributed by atoms with Gasteiger partial charge in [0.05, 0.1) is 18.8 Å². The Bertz CT molecular complexity index is 1020. The molecule has 0 spiro atoms. The number of hydrogen-bond acceptors (Lipinski definition) is 12. The Balaban J connectivity index is 1.45. The number of benzene rings is 1. The van der Waals surface area contributed by atoms with Crippen molar-refractivity contribution in [2.45, 2.75) is 48.7 Å². The van der Waals surface area contributed by atoms with Crippen molar-refractivity contribution in [2.24, 2.45) is 5.92 Å². The highest BCUT2D eigenvalue weighted by Gasteiger charge is 2.56. The molecule has 0 unspecified atom stereocenters. The van der Waals surface area contributed by atoms with Crippen LogP contribution in [0.5, 0.6) is 5.75 Å². The summed E-state index contributed by atoms with van der Waals surface area (Å²) >= 11 is 0. The quantitative estimate of drug-likeness (QED) is 0.125. The number of esters is 1. The molecule has 9 atom stereocenters. The van der Waals surface area contributed by atoms with E-state index >= 15 is 0 Å². The summed E-state index contributed by atoms with van der Waals surface area (Å²) in [6.45, 7) is -1.00. The molecule has 2 aliphatic heterocycles. The van der Waals surface area contributed by atoms with Crippen molar-refractivity contribution in [3.8, 4) is 5.75 Å². The molecule has 1 fully saturated rings. The van der Waals surface area contributed by atoms with Crippen LogP contribution in [0.25, 0.3) is 6.08 Å². The first kappa shape index (κ1) is 26.3. The number of fused-ring (bicyclic) bond motifs is 1. The fourth-order valence-corrected chi connectivity index (χ4v) is 4.33. The fraction of sp³-hybridized carbons (Fsp3) is 0.458. The van der Waals surface area contributed by atoms with Crippen LogP contribution in [0, 0.1) is 5.92 Å². The van der Waals surface area contributed by atoms with Gasteiger partial charge in [0, 0.05) is 6.08 Å². The van der Waals surface area contributed by atoms with E-state index in [1.165, 1.54) is 36.4 Å². The van der Waals surface area contributed by atoms with Gasteiger partial charge >= 0.3 is 5.97 Å². The number of rotatable bonds is 7. The summed E-state index contributed by atoms with van der Waals surface area (Å²) in [6.07, 6.45) is -4.29. The summed E-state index contributed by atoms with van der Waals surface area (Å²) in [5.74, 6) is -1.73. The first-order valence-corrected chi connectivity index (χ1v) is 11.2. The van der Waals surface area contributed by atoms with Crippen molar-refractivity contribution in [1.82, 2.24) is 0 Å². The van der Waals surface area contributed by atoms with Crippen molar-refractivity contribution in [2.75, 3.05) is 13.2 Å². The van der Waals surface area contributed by atoms with Crippen LogP contribution in [0.3, 0.4) is 0 Å². The second-order valence-corrected chi connectivity index (χ2v) is 8.72. The Morgan fingerprint density at radius 2 is 1.78 bits per heavy atom. The van der Waals surface area contributed by atoms with E-state index < -0.39 is 67.2 Å². The number of aliphatic hydroxyl groups excluding tert-OH is 5. The largest absolute Gasteiger partial charge is 0.508 e. The second kappa shape index (κ2) is 10.7. The zero-order valence-electron chi connectivity index (χ0n) is 18.9. The van der Waals surface area contributed by atoms with Crippen LogP contribution in [0.2, 0.25) is 0 Å². The van der Waals surface area contributed by atoms with Gasteiger partial charge in [-0.05, 0) is 41.5 Å². The van der Waals surface area contributed by atoms with Gasteiger partial charge in [0.15, 0.2) is 6.29 Å². The highest BCUT2D eigenvalue weighted by atomic mass is 16.8. The van der Waals surface area contributed by atoms with Gasteiger partial charge in [-0.1, -0.05) is 12.1 Å². The maximum atomic E-state index is 12.2. The molecule has 0 saturated carbocycles. The third-order valence-corrected chi connectivity index (χ3v) is 6.37. The molecule has 1 saturated heterocycles. The lowest BCUT2D eigenvalue weighted by Crippen LogP contribution is -2.61. The molecule has 1 aromatic carbocycles. The summed E-state index contributed by atoms with van der Waals surface area (Å²) in [5.41, 5.74) is -0.982. The van der Waals surface area contributed by atoms with E-state index in [-0.39, 0.29) is 17.9 Å². The lowest BCUT2D eigenvalue weighted by Gasteiger charge is -2.44. The summed E-state index contributed by atoms with van der Waals surface area (Å²) in [6, 6.07) is 6.12. The molecular weight excluding hydrogens is 480 g/mol. The van der Waals surface area contributed by atoms with Gasteiger partial charge in [0.25, 0.3) is 0 Å². The highest BCUT2D eigenvalue weighted by molar-refractivity contribution is 5.87. The van der Waals surface area contributed by atoms with Crippen LogP contribution >= 0.6 is 0 Å². The van der Waals surface area contributed by atoms with E-state index in [1.807, 2.05) is 0 Å². The van der Waals surface area contributed by atoms with Crippen LogP contribution in [0.15, 0.2) is 54.3 Å². The van der Waals surface area contributed by atoms with Crippen LogP contribution in [0.4, 0.5) is 0 Å². The molecule has 1 aromatic rings. The number of phenolic OH excluding ortho intramolecular Hbond substituents is 1. The first-order valence-electron chi connectivity index (χ1n) is 11.2. The topological polar surface area (TPSA) is 196 Å². The standard InChI is InChI=1S/C24H28O12/c25-10-15-19(29)20(30)21(31)23(35-15)36-22-18-13(9-16(27)24(18,32)7-8-33-22)11-34-17(28)6-3-12-1-4-14(26)5-2-12/h1-9,15-16,18-23,25-27,29-32H,10-11H2/t15-,16+,18-,19-,20-,21-,22-,23+,24+/m0/s1. The van der Waals surface area contributed by atoms with Gasteiger partial charge in [-0.3, -0.25) is 0 Å². The van der Waals surface area contributed by atoms with Crippen molar-refractivity contribution < 1.29 is 59.5 Å². The summed E-state index contributed by atoms with van der Waals surface area (Å²) in [4.78, 5) is 12.2. The molecule has 4 rings (SSSR count). The number of carbonyl (C=O) groups is 1. The van der Waals surface area contributed by atoms with Crippen LogP contribution < -0.4 is 0 Å². The lowest BCUT2D eigenvalue weighted by molar-refractivity contribution is -0.344. The molecule has 36 heavy (non-hydrogen) atoms. The Morgan fingerprint density at radius 3 is 2.47 bits per heavy atom. The minimum Gasteiger partial charge on any atom is -0.508 e. The molecule has 0 bridgehead atoms. The molecule has 0 amide bonds. The van der Waals surface area contributed by atoms with Gasteiger partial charge < -0.3 is 54.7 Å². The smallest absolute Gasteiger partial charge is 0.331 e. The number of aliphatic hydroxyl groups is 6. The number of aromatic hydroxyl groups is 1. The third kappa shape index (κ3) is 5.16. The third-order valence-electron chi connectivity index (χ3n) is 6.37. The summed E-state index contributed by atoms with van der Waals surface area (Å²) in [5, 5.41) is 70.5. The fourth-order valence-electron chi connectivity index (χ4n) is 4.33. The molecule has 0 aromatic heterocycles. The normalized spacial score (nSPS) is 37.9. The number of ether oxygens (including phenoxy) is 4. The SMILES string of the molecule is O=C(C=Cc1ccc(O)cc1)OCC1=C[C@@H](O)[C@]2(O)C=CO[C@@H](O[C@H]3O[C@@H](CO)[C@H](O)[C@H](O)[C@@H]3O)[C@H]12. The van der Waals surface area contributed by atoms with Crippen molar-refractivity contribution in [1.29, 1.82) is 0 Å². The van der Waals surface area contributed by atoms with Crippen LogP contribution in [-0.2, 0) is 23.7 Å². The average Bonchev–Trinajstić information content (AvgIpc) is 3.13. The Hall–Kier alpha value is -2.81. The molecule has 0 radical (unpaired) electrons. The average molecular weight is 508 g/mol. The predicted octanol–water partition coefficient (Wildman–Crippen LogP) is -1.72. The van der Waals surface area contributed by atoms with Gasteiger partial charge in [-0.25, -0.2) is 4.79 Å². The molecule has 7 N–H and O–H groups in total. The van der Waals surface area contributed by atoms with Crippen molar-refractivity contribution in [3.05, 3.63) is 59.9 Å². The van der Waals surface area contributed by atoms with Crippen molar-refractivity contribution in [3.63, 3.8) is 0 Å². The Labute approximate surface area is 205 Å². The molecule has 196 valence electrons. The lowest BCUT2D eigenvalue weighted by atomic mass is 9.83. The molecule has 2 heterocycles. The highest BCUT2D eigenvalue weighted by Crippen LogP contribution is 2.44. The van der Waals surface area contributed by atoms with Crippen LogP contribution in [0.1, 0.15) is 5.56 Å². The number of carbonyl (C=O) groups excluding carboxylic acids is 1. The minimum absolute atomic E-state index is 0.0816. The first-order chi connectivity index (χ1) is 17.1. The Morgan fingerprint density at radius 1 is 1.06 bits per heavy atom. The van der Waals surface area contributed by atoms with E-state index in [2.05, 4.69) is 0 Å².